The fraction of sp³-hybridized carbons (Fsp3) is 0.167. The van der Waals surface area contributed by atoms with Crippen molar-refractivity contribution in [3.05, 3.63) is 28.1 Å². The van der Waals surface area contributed by atoms with Gasteiger partial charge in [0, 0.05) is 13.1 Å². The Hall–Kier alpha value is -1.85. The maximum atomic E-state index is 10.3. The number of hydrogen-bond donors (Lipinski definition) is 0. The van der Waals surface area contributed by atoms with Crippen molar-refractivity contribution in [1.29, 1.82) is 0 Å². The molecule has 0 spiro atoms. The molecule has 1 aromatic rings. The van der Waals surface area contributed by atoms with Gasteiger partial charge in [-0.3, -0.25) is 10.1 Å². The van der Waals surface area contributed by atoms with Gasteiger partial charge >= 0.3 is 0 Å². The molecule has 0 saturated carbocycles. The van der Waals surface area contributed by atoms with E-state index in [1.165, 1.54) is 7.05 Å². The fourth-order valence-corrected chi connectivity index (χ4v) is 0.850. The lowest BCUT2D eigenvalue weighted by Gasteiger charge is -2.00. The van der Waals surface area contributed by atoms with Gasteiger partial charge in [0.1, 0.15) is 0 Å². The van der Waals surface area contributed by atoms with Crippen LogP contribution < -0.4 is 5.11 Å². The molecule has 0 saturated heterocycles. The van der Waals surface area contributed by atoms with E-state index in [1.807, 2.05) is 0 Å². The maximum Gasteiger partial charge on any atom is 0.287 e. The number of aryl methyl sites for hydroxylation is 1. The molecule has 1 aromatic heterocycles. The van der Waals surface area contributed by atoms with Crippen molar-refractivity contribution in [2.75, 3.05) is 0 Å². The number of nitrogens with zero attached hydrogens (tertiary/aromatic N) is 2. The number of rotatable bonds is 2. The van der Waals surface area contributed by atoms with Gasteiger partial charge in [0.05, 0.1) is 22.8 Å². The van der Waals surface area contributed by atoms with Gasteiger partial charge in [0.2, 0.25) is 0 Å². The summed E-state index contributed by atoms with van der Waals surface area (Å²) >= 11 is 0. The first-order chi connectivity index (χ1) is 5.52. The molecule has 1 rings (SSSR count). The summed E-state index contributed by atoms with van der Waals surface area (Å²) in [6.45, 7) is 0. The number of aromatic carboxylic acids is 1. The third-order valence-electron chi connectivity index (χ3n) is 1.41. The van der Waals surface area contributed by atoms with Crippen LogP contribution in [0.15, 0.2) is 12.3 Å². The largest absolute Gasteiger partial charge is 0.543 e. The topological polar surface area (TPSA) is 88.2 Å². The Morgan fingerprint density at radius 3 is 2.50 bits per heavy atom. The van der Waals surface area contributed by atoms with Crippen LogP contribution in [0, 0.1) is 10.1 Å². The maximum absolute atomic E-state index is 10.3. The molecule has 0 aliphatic heterocycles. The van der Waals surface area contributed by atoms with Gasteiger partial charge in [0.25, 0.3) is 5.69 Å². The fourth-order valence-electron chi connectivity index (χ4n) is 0.850. The molecule has 64 valence electrons. The summed E-state index contributed by atoms with van der Waals surface area (Å²) < 4.78 is 1.13. The molecule has 0 fully saturated rings. The Morgan fingerprint density at radius 2 is 2.25 bits per heavy atom. The zero-order valence-electron chi connectivity index (χ0n) is 6.18. The van der Waals surface area contributed by atoms with E-state index in [4.69, 9.17) is 0 Å². The van der Waals surface area contributed by atoms with Crippen LogP contribution in [0.25, 0.3) is 0 Å². The highest BCUT2D eigenvalue weighted by molar-refractivity contribution is 5.84. The Labute approximate surface area is 67.2 Å². The quantitative estimate of drug-likeness (QED) is 0.432. The van der Waals surface area contributed by atoms with E-state index >= 15 is 0 Å². The van der Waals surface area contributed by atoms with Crippen molar-refractivity contribution in [3.8, 4) is 0 Å². The Bertz CT molecular complexity index is 341. The number of carboxylic acids is 1. The Balaban J connectivity index is 3.17. The van der Waals surface area contributed by atoms with E-state index in [2.05, 4.69) is 0 Å². The molecule has 0 aliphatic rings. The minimum atomic E-state index is -1.43. The van der Waals surface area contributed by atoms with E-state index < -0.39 is 10.9 Å². The summed E-state index contributed by atoms with van der Waals surface area (Å²) in [5, 5.41) is 20.5. The molecule has 0 aliphatic carbocycles. The van der Waals surface area contributed by atoms with Crippen LogP contribution in [0.2, 0.25) is 0 Å². The molecule has 0 N–H and O–H groups in total. The number of carbonyl (C=O) groups excluding carboxylic acids is 1. The van der Waals surface area contributed by atoms with E-state index in [-0.39, 0.29) is 11.4 Å². The van der Waals surface area contributed by atoms with Crippen molar-refractivity contribution >= 4 is 11.7 Å². The lowest BCUT2D eigenvalue weighted by molar-refractivity contribution is -0.384. The normalized spacial score (nSPS) is 9.75. The van der Waals surface area contributed by atoms with Crippen molar-refractivity contribution in [1.82, 2.24) is 4.57 Å². The van der Waals surface area contributed by atoms with Crippen molar-refractivity contribution in [2.45, 2.75) is 0 Å². The summed E-state index contributed by atoms with van der Waals surface area (Å²) in [7, 11) is 1.40. The molecule has 6 heteroatoms. The summed E-state index contributed by atoms with van der Waals surface area (Å²) in [5.74, 6) is -1.43. The van der Waals surface area contributed by atoms with Gasteiger partial charge < -0.3 is 14.5 Å². The predicted octanol–water partition coefficient (Wildman–Crippen LogP) is -0.703. The second-order valence-electron chi connectivity index (χ2n) is 2.24. The first-order valence-corrected chi connectivity index (χ1v) is 3.04. The summed E-state index contributed by atoms with van der Waals surface area (Å²) in [5.41, 5.74) is -0.460. The first kappa shape index (κ1) is 8.25. The highest BCUT2D eigenvalue weighted by Gasteiger charge is 2.11. The van der Waals surface area contributed by atoms with Crippen LogP contribution in [-0.4, -0.2) is 15.5 Å². The highest BCUT2D eigenvalue weighted by atomic mass is 16.6. The molecule has 0 atom stereocenters. The van der Waals surface area contributed by atoms with Gasteiger partial charge in [-0.2, -0.15) is 0 Å². The third-order valence-corrected chi connectivity index (χ3v) is 1.41. The molecule has 0 amide bonds. The molecule has 0 bridgehead atoms. The van der Waals surface area contributed by atoms with Crippen molar-refractivity contribution < 1.29 is 14.8 Å². The highest BCUT2D eigenvalue weighted by Crippen LogP contribution is 2.13. The van der Waals surface area contributed by atoms with Gasteiger partial charge in [-0.15, -0.1) is 0 Å². The van der Waals surface area contributed by atoms with Gasteiger partial charge in [-0.1, -0.05) is 0 Å². The first-order valence-electron chi connectivity index (χ1n) is 3.04. The molecule has 1 heterocycles. The predicted molar refractivity (Wildman–Crippen MR) is 36.4 cm³/mol. The average molecular weight is 169 g/mol. The lowest BCUT2D eigenvalue weighted by Crippen LogP contribution is -2.24. The number of carboxylic acid groups (broad SMARTS) is 1. The summed E-state index contributed by atoms with van der Waals surface area (Å²) in [6, 6.07) is 0.954. The molecule has 0 unspecified atom stereocenters. The minimum absolute atomic E-state index is 0.207. The smallest absolute Gasteiger partial charge is 0.287 e. The number of aromatic nitrogens is 1. The number of hydrogen-bond acceptors (Lipinski definition) is 4. The van der Waals surface area contributed by atoms with Crippen LogP contribution in [0.5, 0.6) is 0 Å². The molecule has 12 heavy (non-hydrogen) atoms. The van der Waals surface area contributed by atoms with Crippen molar-refractivity contribution in [3.63, 3.8) is 0 Å². The van der Waals surface area contributed by atoms with Crippen LogP contribution in [0.3, 0.4) is 0 Å². The Morgan fingerprint density at radius 1 is 1.67 bits per heavy atom. The third kappa shape index (κ3) is 1.26. The standard InChI is InChI=1S/C6H6N2O4/c1-7-3-4(8(11)12)2-5(7)6(9)10/h2-3H,1H3,(H,9,10)/p-1. The van der Waals surface area contributed by atoms with Gasteiger partial charge in [-0.05, 0) is 0 Å². The second kappa shape index (κ2) is 2.65. The molecular formula is C6H5N2O4-. The van der Waals surface area contributed by atoms with Crippen LogP contribution in [0.4, 0.5) is 5.69 Å². The average Bonchev–Trinajstić information content (AvgIpc) is 2.30. The zero-order chi connectivity index (χ0) is 9.30. The molecule has 6 nitrogen and oxygen atoms in total. The van der Waals surface area contributed by atoms with E-state index in [0.29, 0.717) is 0 Å². The Kier molecular flexibility index (Phi) is 1.82. The number of carbonyl (C=O) groups is 1. The van der Waals surface area contributed by atoms with Crippen LogP contribution in [-0.2, 0) is 7.05 Å². The van der Waals surface area contributed by atoms with Gasteiger partial charge in [0.15, 0.2) is 0 Å². The zero-order valence-corrected chi connectivity index (χ0v) is 6.18. The number of nitro groups is 1. The SMILES string of the molecule is Cn1cc([N+](=O)[O-])cc1C(=O)[O-]. The lowest BCUT2D eigenvalue weighted by atomic mass is 10.4. The minimum Gasteiger partial charge on any atom is -0.543 e. The monoisotopic (exact) mass is 169 g/mol. The second-order valence-corrected chi connectivity index (χ2v) is 2.24. The van der Waals surface area contributed by atoms with Crippen LogP contribution in [0.1, 0.15) is 10.5 Å². The van der Waals surface area contributed by atoms with E-state index in [0.717, 1.165) is 16.8 Å². The van der Waals surface area contributed by atoms with Crippen molar-refractivity contribution in [2.24, 2.45) is 7.05 Å². The van der Waals surface area contributed by atoms with E-state index in [1.54, 1.807) is 0 Å². The molecular weight excluding hydrogens is 164 g/mol. The summed E-state index contributed by atoms with van der Waals surface area (Å²) in [6.07, 6.45) is 1.12. The molecule has 0 aromatic carbocycles. The summed E-state index contributed by atoms with van der Waals surface area (Å²) in [4.78, 5) is 19.8. The molecule has 0 radical (unpaired) electrons. The van der Waals surface area contributed by atoms with E-state index in [9.17, 15) is 20.0 Å². The van der Waals surface area contributed by atoms with Crippen LogP contribution >= 0.6 is 0 Å². The van der Waals surface area contributed by atoms with Gasteiger partial charge in [-0.25, -0.2) is 0 Å².